The number of benzene rings is 1. The number of aromatic nitrogens is 2. The third-order valence-corrected chi connectivity index (χ3v) is 6.98. The predicted octanol–water partition coefficient (Wildman–Crippen LogP) is 3.87. The Hall–Kier alpha value is -3.26. The van der Waals surface area contributed by atoms with Crippen molar-refractivity contribution in [1.82, 2.24) is 19.8 Å². The van der Waals surface area contributed by atoms with Crippen LogP contribution in [-0.4, -0.2) is 71.5 Å². The number of hydrogen-bond donors (Lipinski definition) is 0. The van der Waals surface area contributed by atoms with Gasteiger partial charge in [0.05, 0.1) is 11.8 Å². The number of amides is 1. The van der Waals surface area contributed by atoms with E-state index in [2.05, 4.69) is 25.8 Å². The van der Waals surface area contributed by atoms with E-state index in [0.29, 0.717) is 36.0 Å². The molecular weight excluding hydrogens is 445 g/mol. The fourth-order valence-electron chi connectivity index (χ4n) is 5.09. The Bertz CT molecular complexity index is 1110. The fourth-order valence-corrected chi connectivity index (χ4v) is 5.09. The van der Waals surface area contributed by atoms with Crippen molar-refractivity contribution in [3.05, 3.63) is 66.6 Å². The van der Waals surface area contributed by atoms with Crippen LogP contribution < -0.4 is 4.90 Å². The van der Waals surface area contributed by atoms with Crippen molar-refractivity contribution in [2.24, 2.45) is 5.92 Å². The van der Waals surface area contributed by atoms with E-state index >= 15 is 0 Å². The first-order chi connectivity index (χ1) is 17.2. The minimum Gasteiger partial charge on any atom is -0.441 e. The Morgan fingerprint density at radius 2 is 1.86 bits per heavy atom. The van der Waals surface area contributed by atoms with Crippen LogP contribution in [0.4, 0.5) is 10.2 Å². The van der Waals surface area contributed by atoms with Crippen molar-refractivity contribution in [2.75, 3.05) is 50.7 Å². The van der Waals surface area contributed by atoms with Crippen LogP contribution in [-0.2, 0) is 11.2 Å². The number of carbonyl (C=O) groups is 1. The molecule has 8 heteroatoms. The first-order valence-electron chi connectivity index (χ1n) is 12.5. The number of nitrogens with zero attached hydrogens (tertiary/aromatic N) is 5. The standard InChI is InChI=1S/C27H32FN5O2/c28-23-8-2-1-7-22(23)24-18-30-26(35-24)10-11-27(34)33-13-5-6-21(20-33)19-31-14-16-32(17-15-31)25-9-3-4-12-29-25/h1-4,7-9,12,18,21H,5-6,10-11,13-17,19-20H2. The summed E-state index contributed by atoms with van der Waals surface area (Å²) in [7, 11) is 0. The minimum atomic E-state index is -0.344. The molecule has 0 aliphatic carbocycles. The summed E-state index contributed by atoms with van der Waals surface area (Å²) in [5.74, 6) is 2.21. The SMILES string of the molecule is O=C(CCc1ncc(-c2ccccc2F)o1)N1CCCC(CN2CCN(c3ccccn3)CC2)C1. The highest BCUT2D eigenvalue weighted by molar-refractivity contribution is 5.76. The van der Waals surface area contributed by atoms with Crippen LogP contribution in [0.5, 0.6) is 0 Å². The topological polar surface area (TPSA) is 65.7 Å². The van der Waals surface area contributed by atoms with Gasteiger partial charge in [0.15, 0.2) is 11.7 Å². The molecule has 1 amide bonds. The highest BCUT2D eigenvalue weighted by Crippen LogP contribution is 2.24. The monoisotopic (exact) mass is 477 g/mol. The van der Waals surface area contributed by atoms with E-state index in [4.69, 9.17) is 4.42 Å². The summed E-state index contributed by atoms with van der Waals surface area (Å²) in [4.78, 5) is 28.5. The summed E-state index contributed by atoms with van der Waals surface area (Å²) in [6, 6.07) is 12.5. The Balaban J connectivity index is 1.08. The smallest absolute Gasteiger partial charge is 0.223 e. The molecule has 7 nitrogen and oxygen atoms in total. The number of halogens is 1. The Morgan fingerprint density at radius 1 is 1.03 bits per heavy atom. The van der Waals surface area contributed by atoms with Crippen LogP contribution in [0.1, 0.15) is 25.2 Å². The number of piperidine rings is 1. The van der Waals surface area contributed by atoms with Crippen LogP contribution in [0, 0.1) is 11.7 Å². The predicted molar refractivity (Wildman–Crippen MR) is 132 cm³/mol. The molecule has 2 aromatic heterocycles. The summed E-state index contributed by atoms with van der Waals surface area (Å²) in [6.07, 6.45) is 6.36. The van der Waals surface area contributed by atoms with E-state index in [1.54, 1.807) is 18.2 Å². The Morgan fingerprint density at radius 3 is 2.66 bits per heavy atom. The summed E-state index contributed by atoms with van der Waals surface area (Å²) < 4.78 is 19.7. The summed E-state index contributed by atoms with van der Waals surface area (Å²) >= 11 is 0. The molecule has 0 radical (unpaired) electrons. The largest absolute Gasteiger partial charge is 0.441 e. The molecule has 1 aromatic carbocycles. The van der Waals surface area contributed by atoms with E-state index in [9.17, 15) is 9.18 Å². The third kappa shape index (κ3) is 5.88. The van der Waals surface area contributed by atoms with Gasteiger partial charge in [0.1, 0.15) is 11.6 Å². The first kappa shape index (κ1) is 23.5. The number of likely N-dealkylation sites (tertiary alicyclic amines) is 1. The molecule has 2 aliphatic heterocycles. The second kappa shape index (κ2) is 11.0. The third-order valence-electron chi connectivity index (χ3n) is 6.98. The number of piperazine rings is 1. The average Bonchev–Trinajstić information content (AvgIpc) is 3.37. The molecule has 0 bridgehead atoms. The number of carbonyl (C=O) groups excluding carboxylic acids is 1. The molecule has 2 aliphatic rings. The van der Waals surface area contributed by atoms with Crippen molar-refractivity contribution >= 4 is 11.7 Å². The number of anilines is 1. The maximum absolute atomic E-state index is 14.0. The highest BCUT2D eigenvalue weighted by Gasteiger charge is 2.27. The Kier molecular flexibility index (Phi) is 7.37. The maximum atomic E-state index is 14.0. The zero-order chi connectivity index (χ0) is 24.0. The summed E-state index contributed by atoms with van der Waals surface area (Å²) in [5.41, 5.74) is 0.386. The molecule has 2 fully saturated rings. The number of oxazole rings is 1. The van der Waals surface area contributed by atoms with Gasteiger partial charge in [-0.1, -0.05) is 18.2 Å². The van der Waals surface area contributed by atoms with E-state index in [-0.39, 0.29) is 11.7 Å². The molecular formula is C27H32FN5O2. The summed E-state index contributed by atoms with van der Waals surface area (Å²) in [6.45, 7) is 6.67. The molecule has 1 unspecified atom stereocenters. The molecule has 184 valence electrons. The van der Waals surface area contributed by atoms with Gasteiger partial charge in [-0.25, -0.2) is 14.4 Å². The summed E-state index contributed by atoms with van der Waals surface area (Å²) in [5, 5.41) is 0. The van der Waals surface area contributed by atoms with Crippen LogP contribution in [0.15, 0.2) is 59.3 Å². The molecule has 4 heterocycles. The van der Waals surface area contributed by atoms with Gasteiger partial charge in [-0.2, -0.15) is 0 Å². The van der Waals surface area contributed by atoms with Crippen LogP contribution in [0.25, 0.3) is 11.3 Å². The fraction of sp³-hybridized carbons (Fsp3) is 0.444. The van der Waals surface area contributed by atoms with E-state index < -0.39 is 0 Å². The van der Waals surface area contributed by atoms with Gasteiger partial charge < -0.3 is 14.2 Å². The number of aryl methyl sites for hydroxylation is 1. The molecule has 2 saturated heterocycles. The van der Waals surface area contributed by atoms with Gasteiger partial charge in [-0.15, -0.1) is 0 Å². The van der Waals surface area contributed by atoms with Crippen LogP contribution in [0.3, 0.4) is 0 Å². The molecule has 1 atom stereocenters. The Labute approximate surface area is 205 Å². The number of hydrogen-bond acceptors (Lipinski definition) is 6. The molecule has 3 aromatic rings. The number of pyridine rings is 1. The zero-order valence-corrected chi connectivity index (χ0v) is 20.0. The van der Waals surface area contributed by atoms with Crippen molar-refractivity contribution in [1.29, 1.82) is 0 Å². The van der Waals surface area contributed by atoms with Crippen LogP contribution in [0.2, 0.25) is 0 Å². The van der Waals surface area contributed by atoms with Gasteiger partial charge in [-0.3, -0.25) is 9.69 Å². The molecule has 0 N–H and O–H groups in total. The van der Waals surface area contributed by atoms with Gasteiger partial charge in [0.2, 0.25) is 5.91 Å². The van der Waals surface area contributed by atoms with E-state index in [0.717, 1.165) is 64.5 Å². The molecule has 35 heavy (non-hydrogen) atoms. The second-order valence-electron chi connectivity index (χ2n) is 9.42. The van der Waals surface area contributed by atoms with Gasteiger partial charge in [0.25, 0.3) is 0 Å². The van der Waals surface area contributed by atoms with E-state index in [1.165, 1.54) is 12.3 Å². The lowest BCUT2D eigenvalue weighted by molar-refractivity contribution is -0.133. The lowest BCUT2D eigenvalue weighted by Gasteiger charge is -2.39. The molecule has 0 spiro atoms. The van der Waals surface area contributed by atoms with Gasteiger partial charge in [0, 0.05) is 64.9 Å². The number of rotatable bonds is 7. The van der Waals surface area contributed by atoms with Crippen molar-refractivity contribution in [2.45, 2.75) is 25.7 Å². The lowest BCUT2D eigenvalue weighted by Crippen LogP contribution is -2.50. The van der Waals surface area contributed by atoms with Crippen molar-refractivity contribution in [3.8, 4) is 11.3 Å². The first-order valence-corrected chi connectivity index (χ1v) is 12.5. The quantitative estimate of drug-likeness (QED) is 0.515. The molecule has 0 saturated carbocycles. The normalized spacial score (nSPS) is 19.2. The minimum absolute atomic E-state index is 0.139. The van der Waals surface area contributed by atoms with Crippen molar-refractivity contribution in [3.63, 3.8) is 0 Å². The molecule has 5 rings (SSSR count). The second-order valence-corrected chi connectivity index (χ2v) is 9.42. The van der Waals surface area contributed by atoms with Gasteiger partial charge in [-0.05, 0) is 43.0 Å². The highest BCUT2D eigenvalue weighted by atomic mass is 19.1. The average molecular weight is 478 g/mol. The maximum Gasteiger partial charge on any atom is 0.223 e. The van der Waals surface area contributed by atoms with Gasteiger partial charge >= 0.3 is 0 Å². The van der Waals surface area contributed by atoms with E-state index in [1.807, 2.05) is 23.2 Å². The zero-order valence-electron chi connectivity index (χ0n) is 20.0. The van der Waals surface area contributed by atoms with Crippen molar-refractivity contribution < 1.29 is 13.6 Å². The lowest BCUT2D eigenvalue weighted by atomic mass is 9.96. The van der Waals surface area contributed by atoms with Crippen LogP contribution >= 0.6 is 0 Å².